The van der Waals surface area contributed by atoms with Crippen molar-refractivity contribution in [2.75, 3.05) is 0 Å². The molecule has 2 N–H and O–H groups in total. The third-order valence-electron chi connectivity index (χ3n) is 3.78. The minimum atomic E-state index is -0.358. The molecule has 0 aliphatic heterocycles. The van der Waals surface area contributed by atoms with Gasteiger partial charge in [-0.3, -0.25) is 4.79 Å². The molecule has 7 heteroatoms. The van der Waals surface area contributed by atoms with Gasteiger partial charge in [-0.05, 0) is 24.5 Å². The van der Waals surface area contributed by atoms with Crippen molar-refractivity contribution in [2.24, 2.45) is 0 Å². The van der Waals surface area contributed by atoms with Gasteiger partial charge in [0.25, 0.3) is 0 Å². The molecule has 0 bridgehead atoms. The Kier molecular flexibility index (Phi) is 4.16. The summed E-state index contributed by atoms with van der Waals surface area (Å²) in [5.41, 5.74) is 2.31. The first kappa shape index (κ1) is 15.5. The van der Waals surface area contributed by atoms with Gasteiger partial charge in [0.2, 0.25) is 5.91 Å². The maximum atomic E-state index is 12.7. The Morgan fingerprint density at radius 1 is 1.33 bits per heavy atom. The first-order chi connectivity index (χ1) is 11.7. The second kappa shape index (κ2) is 6.45. The number of hydrogen-bond donors (Lipinski definition) is 2. The number of fused-ring (bicyclic) bond motifs is 1. The summed E-state index contributed by atoms with van der Waals surface area (Å²) in [6.07, 6.45) is 3.68. The fourth-order valence-corrected chi connectivity index (χ4v) is 3.58. The zero-order valence-electron chi connectivity index (χ0n) is 12.7. The minimum absolute atomic E-state index is 0.0140. The molecule has 1 fully saturated rings. The number of carbonyl (C=O) groups is 1. The summed E-state index contributed by atoms with van der Waals surface area (Å²) in [4.78, 5) is 24.5. The van der Waals surface area contributed by atoms with Crippen LogP contribution < -0.4 is 5.32 Å². The molecule has 4 rings (SSSR count). The molecule has 3 aromatic rings. The molecule has 2 heterocycles. The number of hydrogen-bond acceptors (Lipinski definition) is 4. The van der Waals surface area contributed by atoms with Crippen molar-refractivity contribution in [1.29, 1.82) is 0 Å². The highest BCUT2D eigenvalue weighted by molar-refractivity contribution is 8.00. The van der Waals surface area contributed by atoms with E-state index in [1.54, 1.807) is 12.3 Å². The Morgan fingerprint density at radius 2 is 2.12 bits per heavy atom. The smallest absolute Gasteiger partial charge is 0.238 e. The Hall–Kier alpha value is -2.05. The quantitative estimate of drug-likeness (QED) is 0.682. The maximum Gasteiger partial charge on any atom is 0.238 e. The lowest BCUT2D eigenvalue weighted by Gasteiger charge is -2.15. The fourth-order valence-electron chi connectivity index (χ4n) is 2.43. The molecule has 1 aliphatic rings. The molecule has 0 radical (unpaired) electrons. The third kappa shape index (κ3) is 3.39. The molecule has 2 aromatic heterocycles. The van der Waals surface area contributed by atoms with E-state index in [2.05, 4.69) is 20.3 Å². The highest BCUT2D eigenvalue weighted by atomic mass is 35.5. The largest absolute Gasteiger partial charge is 0.352 e. The van der Waals surface area contributed by atoms with Crippen LogP contribution in [0.2, 0.25) is 5.02 Å². The fraction of sp³-hybridized carbons (Fsp3) is 0.235. The Bertz CT molecular complexity index is 879. The maximum absolute atomic E-state index is 12.7. The molecule has 0 unspecified atom stereocenters. The number of halogens is 1. The van der Waals surface area contributed by atoms with Gasteiger partial charge in [-0.2, -0.15) is 0 Å². The van der Waals surface area contributed by atoms with Gasteiger partial charge in [0.05, 0.1) is 10.5 Å². The normalized spacial score (nSPS) is 15.4. The summed E-state index contributed by atoms with van der Waals surface area (Å²) < 4.78 is 0. The van der Waals surface area contributed by atoms with Crippen LogP contribution in [0.3, 0.4) is 0 Å². The number of nitrogens with zero attached hydrogens (tertiary/aromatic N) is 2. The lowest BCUT2D eigenvalue weighted by Crippen LogP contribution is -2.29. The third-order valence-corrected chi connectivity index (χ3v) is 5.12. The van der Waals surface area contributed by atoms with Crippen LogP contribution in [0.1, 0.15) is 23.7 Å². The van der Waals surface area contributed by atoms with Crippen LogP contribution in [0.5, 0.6) is 0 Å². The van der Waals surface area contributed by atoms with Crippen molar-refractivity contribution >= 4 is 40.4 Å². The number of aromatic amines is 1. The van der Waals surface area contributed by atoms with Crippen molar-refractivity contribution in [2.45, 2.75) is 29.3 Å². The molecule has 5 nitrogen and oxygen atoms in total. The molecule has 24 heavy (non-hydrogen) atoms. The molecule has 1 atom stereocenters. The first-order valence-corrected chi connectivity index (χ1v) is 8.98. The number of carbonyl (C=O) groups excluding carboxylic acids is 1. The van der Waals surface area contributed by atoms with Crippen LogP contribution in [0.4, 0.5) is 0 Å². The Morgan fingerprint density at radius 3 is 2.88 bits per heavy atom. The van der Waals surface area contributed by atoms with E-state index in [-0.39, 0.29) is 11.2 Å². The van der Waals surface area contributed by atoms with Crippen LogP contribution in [0.15, 0.2) is 47.8 Å². The monoisotopic (exact) mass is 358 g/mol. The van der Waals surface area contributed by atoms with Crippen molar-refractivity contribution < 1.29 is 4.79 Å². The highest BCUT2D eigenvalue weighted by Gasteiger charge is 2.29. The second-order valence-electron chi connectivity index (χ2n) is 5.76. The second-order valence-corrected chi connectivity index (χ2v) is 7.29. The van der Waals surface area contributed by atoms with Gasteiger partial charge in [0.1, 0.15) is 5.25 Å². The van der Waals surface area contributed by atoms with Gasteiger partial charge < -0.3 is 10.3 Å². The predicted octanol–water partition coefficient (Wildman–Crippen LogP) is 3.72. The van der Waals surface area contributed by atoms with Gasteiger partial charge >= 0.3 is 0 Å². The summed E-state index contributed by atoms with van der Waals surface area (Å²) in [5, 5.41) is 3.92. The minimum Gasteiger partial charge on any atom is -0.352 e. The topological polar surface area (TPSA) is 70.7 Å². The average molecular weight is 359 g/mol. The molecule has 1 saturated carbocycles. The Labute approximate surface area is 148 Å². The molecule has 1 aromatic carbocycles. The summed E-state index contributed by atoms with van der Waals surface area (Å²) in [5.74, 6) is 0.0140. The Balaban J connectivity index is 1.63. The zero-order chi connectivity index (χ0) is 16.5. The van der Waals surface area contributed by atoms with E-state index in [4.69, 9.17) is 11.6 Å². The zero-order valence-corrected chi connectivity index (χ0v) is 14.3. The van der Waals surface area contributed by atoms with Crippen molar-refractivity contribution in [1.82, 2.24) is 20.3 Å². The summed E-state index contributed by atoms with van der Waals surface area (Å²) in [7, 11) is 0. The van der Waals surface area contributed by atoms with Crippen molar-refractivity contribution in [3.05, 3.63) is 53.2 Å². The lowest BCUT2D eigenvalue weighted by molar-refractivity contribution is -0.120. The van der Waals surface area contributed by atoms with Gasteiger partial charge in [0, 0.05) is 12.2 Å². The average Bonchev–Trinajstić information content (AvgIpc) is 3.30. The van der Waals surface area contributed by atoms with E-state index in [0.29, 0.717) is 21.9 Å². The number of pyridine rings is 1. The van der Waals surface area contributed by atoms with Gasteiger partial charge in [-0.25, -0.2) is 9.97 Å². The number of H-pyrrole nitrogens is 1. The first-order valence-electron chi connectivity index (χ1n) is 7.72. The van der Waals surface area contributed by atoms with Crippen molar-refractivity contribution in [3.8, 4) is 0 Å². The number of amides is 1. The molecular formula is C17H15ClN4OS. The SMILES string of the molecule is O=C(NC1CC1)[C@H](Sc1nc2ncc(Cl)cc2[nH]1)c1ccccc1. The summed E-state index contributed by atoms with van der Waals surface area (Å²) in [6, 6.07) is 11.8. The summed E-state index contributed by atoms with van der Waals surface area (Å²) >= 11 is 7.35. The van der Waals surface area contributed by atoms with Crippen molar-refractivity contribution in [3.63, 3.8) is 0 Å². The highest BCUT2D eigenvalue weighted by Crippen LogP contribution is 2.35. The van der Waals surface area contributed by atoms with Crippen LogP contribution in [0, 0.1) is 0 Å². The van der Waals surface area contributed by atoms with Crippen LogP contribution >= 0.6 is 23.4 Å². The van der Waals surface area contributed by atoms with Gasteiger partial charge in [-0.1, -0.05) is 53.7 Å². The van der Waals surface area contributed by atoms with Gasteiger partial charge in [0.15, 0.2) is 10.8 Å². The molecular weight excluding hydrogens is 344 g/mol. The van der Waals surface area contributed by atoms with Crippen LogP contribution in [-0.2, 0) is 4.79 Å². The van der Waals surface area contributed by atoms with E-state index < -0.39 is 0 Å². The molecule has 1 amide bonds. The van der Waals surface area contributed by atoms with E-state index in [9.17, 15) is 4.79 Å². The number of nitrogens with one attached hydrogen (secondary N) is 2. The van der Waals surface area contributed by atoms with E-state index in [0.717, 1.165) is 23.9 Å². The van der Waals surface area contributed by atoms with E-state index in [1.165, 1.54) is 11.8 Å². The molecule has 0 saturated heterocycles. The van der Waals surface area contributed by atoms with Gasteiger partial charge in [-0.15, -0.1) is 0 Å². The number of imidazole rings is 1. The van der Waals surface area contributed by atoms with E-state index in [1.807, 2.05) is 30.3 Å². The standard InChI is InChI=1S/C17H15ClN4OS/c18-11-8-13-15(19-9-11)22-17(21-13)24-14(10-4-2-1-3-5-10)16(23)20-12-6-7-12/h1-5,8-9,12,14H,6-7H2,(H,20,23)(H,19,21,22)/t14-/m1/s1. The number of benzene rings is 1. The molecule has 0 spiro atoms. The summed E-state index contributed by atoms with van der Waals surface area (Å²) in [6.45, 7) is 0. The molecule has 122 valence electrons. The van der Waals surface area contributed by atoms with Crippen LogP contribution in [-0.4, -0.2) is 26.9 Å². The van der Waals surface area contributed by atoms with E-state index >= 15 is 0 Å². The number of aromatic nitrogens is 3. The lowest BCUT2D eigenvalue weighted by atomic mass is 10.1. The molecule has 1 aliphatic carbocycles. The predicted molar refractivity (Wildman–Crippen MR) is 95.1 cm³/mol. The number of rotatable bonds is 5. The van der Waals surface area contributed by atoms with Crippen LogP contribution in [0.25, 0.3) is 11.2 Å². The number of thioether (sulfide) groups is 1.